The fraction of sp³-hybridized carbons (Fsp3) is 0.950. The zero-order chi connectivity index (χ0) is 17.8. The zero-order valence-electron chi connectivity index (χ0n) is 15.7. The van der Waals surface area contributed by atoms with Gasteiger partial charge in [-0.05, 0) is 75.0 Å². The fourth-order valence-electron chi connectivity index (χ4n) is 6.87. The molecule has 6 unspecified atom stereocenters. The molecule has 1 heterocycles. The summed E-state index contributed by atoms with van der Waals surface area (Å²) < 4.78 is 6.55. The van der Waals surface area contributed by atoms with Crippen molar-refractivity contribution in [2.75, 3.05) is 6.61 Å². The Balaban J connectivity index is 1.89. The SMILES string of the molecule is CC1(CC(=O)O)CCC2C(C)(CCC3C(C)(CO)CCCC32C)O1. The van der Waals surface area contributed by atoms with E-state index < -0.39 is 11.6 Å². The quantitative estimate of drug-likeness (QED) is 0.816. The molecule has 4 heteroatoms. The van der Waals surface area contributed by atoms with Gasteiger partial charge in [-0.2, -0.15) is 0 Å². The molecule has 1 aliphatic heterocycles. The maximum absolute atomic E-state index is 11.2. The van der Waals surface area contributed by atoms with E-state index in [4.69, 9.17) is 4.74 Å². The molecular formula is C20H34O4. The average Bonchev–Trinajstić information content (AvgIpc) is 2.44. The number of carboxylic acids is 1. The van der Waals surface area contributed by atoms with Crippen LogP contribution in [0.1, 0.15) is 79.1 Å². The second-order valence-electron chi connectivity index (χ2n) is 9.79. The third kappa shape index (κ3) is 2.70. The number of hydrogen-bond donors (Lipinski definition) is 2. The van der Waals surface area contributed by atoms with E-state index in [2.05, 4.69) is 20.8 Å². The summed E-state index contributed by atoms with van der Waals surface area (Å²) in [6.45, 7) is 9.12. The largest absolute Gasteiger partial charge is 0.481 e. The number of hydrogen-bond acceptors (Lipinski definition) is 3. The van der Waals surface area contributed by atoms with Gasteiger partial charge in [-0.3, -0.25) is 4.79 Å². The van der Waals surface area contributed by atoms with Crippen molar-refractivity contribution in [1.82, 2.24) is 0 Å². The maximum Gasteiger partial charge on any atom is 0.306 e. The van der Waals surface area contributed by atoms with Crippen molar-refractivity contribution in [3.05, 3.63) is 0 Å². The third-order valence-corrected chi connectivity index (χ3v) is 7.89. The van der Waals surface area contributed by atoms with Gasteiger partial charge in [-0.25, -0.2) is 0 Å². The van der Waals surface area contributed by atoms with Gasteiger partial charge in [0.1, 0.15) is 0 Å². The molecule has 24 heavy (non-hydrogen) atoms. The van der Waals surface area contributed by atoms with Crippen LogP contribution < -0.4 is 0 Å². The van der Waals surface area contributed by atoms with Gasteiger partial charge in [0.2, 0.25) is 0 Å². The highest BCUT2D eigenvalue weighted by atomic mass is 16.5. The minimum Gasteiger partial charge on any atom is -0.481 e. The Morgan fingerprint density at radius 2 is 1.71 bits per heavy atom. The van der Waals surface area contributed by atoms with Crippen molar-refractivity contribution in [1.29, 1.82) is 0 Å². The molecule has 4 nitrogen and oxygen atoms in total. The summed E-state index contributed by atoms with van der Waals surface area (Å²) in [5.74, 6) is 0.219. The van der Waals surface area contributed by atoms with Crippen molar-refractivity contribution in [3.8, 4) is 0 Å². The molecule has 138 valence electrons. The van der Waals surface area contributed by atoms with Gasteiger partial charge in [0.15, 0.2) is 0 Å². The molecule has 2 N–H and O–H groups in total. The van der Waals surface area contributed by atoms with Crippen molar-refractivity contribution in [3.63, 3.8) is 0 Å². The average molecular weight is 338 g/mol. The first-order valence-electron chi connectivity index (χ1n) is 9.60. The third-order valence-electron chi connectivity index (χ3n) is 7.89. The van der Waals surface area contributed by atoms with E-state index in [0.29, 0.717) is 11.8 Å². The highest BCUT2D eigenvalue weighted by Gasteiger charge is 2.62. The van der Waals surface area contributed by atoms with Gasteiger partial charge in [0, 0.05) is 6.61 Å². The number of fused-ring (bicyclic) bond motifs is 3. The van der Waals surface area contributed by atoms with Gasteiger partial charge < -0.3 is 14.9 Å². The number of rotatable bonds is 3. The van der Waals surface area contributed by atoms with Crippen LogP contribution in [0.25, 0.3) is 0 Å². The lowest BCUT2D eigenvalue weighted by Crippen LogP contribution is -2.63. The van der Waals surface area contributed by atoms with Crippen molar-refractivity contribution in [2.24, 2.45) is 22.7 Å². The first-order chi connectivity index (χ1) is 11.1. The molecule has 0 spiro atoms. The van der Waals surface area contributed by atoms with Crippen molar-refractivity contribution < 1.29 is 19.7 Å². The fourth-order valence-corrected chi connectivity index (χ4v) is 6.87. The lowest BCUT2D eigenvalue weighted by atomic mass is 9.44. The highest BCUT2D eigenvalue weighted by molar-refractivity contribution is 5.68. The van der Waals surface area contributed by atoms with Crippen LogP contribution in [0.2, 0.25) is 0 Å². The number of aliphatic hydroxyl groups excluding tert-OH is 1. The number of ether oxygens (including phenoxy) is 1. The molecule has 2 saturated carbocycles. The Bertz CT molecular complexity index is 520. The van der Waals surface area contributed by atoms with Crippen LogP contribution in [0.15, 0.2) is 0 Å². The predicted molar refractivity (Wildman–Crippen MR) is 92.7 cm³/mol. The van der Waals surface area contributed by atoms with E-state index in [1.165, 1.54) is 12.8 Å². The van der Waals surface area contributed by atoms with Gasteiger partial charge in [0.25, 0.3) is 0 Å². The molecule has 0 aromatic rings. The molecule has 6 atom stereocenters. The van der Waals surface area contributed by atoms with Crippen molar-refractivity contribution >= 4 is 5.97 Å². The Hall–Kier alpha value is -0.610. The minimum atomic E-state index is -0.773. The Labute approximate surface area is 146 Å². The van der Waals surface area contributed by atoms with Crippen LogP contribution in [0.4, 0.5) is 0 Å². The van der Waals surface area contributed by atoms with Crippen LogP contribution in [0, 0.1) is 22.7 Å². The first kappa shape index (κ1) is 18.2. The molecule has 0 aromatic heterocycles. The van der Waals surface area contributed by atoms with E-state index in [1.807, 2.05) is 6.92 Å². The van der Waals surface area contributed by atoms with Crippen LogP contribution in [0.3, 0.4) is 0 Å². The summed E-state index contributed by atoms with van der Waals surface area (Å²) in [5.41, 5.74) is -0.569. The Morgan fingerprint density at radius 3 is 2.33 bits per heavy atom. The standard InChI is InChI=1S/C20H34O4/c1-17(13-21)8-5-9-19(3)14(17)7-11-20(4)15(19)6-10-18(2,24-20)12-16(22)23/h14-15,21H,5-13H2,1-4H3,(H,22,23). The monoisotopic (exact) mass is 338 g/mol. The molecule has 3 fully saturated rings. The highest BCUT2D eigenvalue weighted by Crippen LogP contribution is 2.65. The predicted octanol–water partition coefficient (Wildman–Crippen LogP) is 4.00. The van der Waals surface area contributed by atoms with Gasteiger partial charge in [-0.1, -0.05) is 20.3 Å². The molecule has 0 aromatic carbocycles. The number of aliphatic hydroxyl groups is 1. The van der Waals surface area contributed by atoms with E-state index in [1.54, 1.807) is 0 Å². The molecular weight excluding hydrogens is 304 g/mol. The van der Waals surface area contributed by atoms with Gasteiger partial charge >= 0.3 is 5.97 Å². The molecule has 0 amide bonds. The van der Waals surface area contributed by atoms with E-state index in [0.717, 1.165) is 32.1 Å². The van der Waals surface area contributed by atoms with Gasteiger partial charge in [-0.15, -0.1) is 0 Å². The maximum atomic E-state index is 11.2. The van der Waals surface area contributed by atoms with Gasteiger partial charge in [0.05, 0.1) is 17.6 Å². The lowest BCUT2D eigenvalue weighted by molar-refractivity contribution is -0.269. The normalized spacial score (nSPS) is 51.5. The second kappa shape index (κ2) is 5.70. The van der Waals surface area contributed by atoms with Crippen LogP contribution in [0.5, 0.6) is 0 Å². The summed E-state index contributed by atoms with van der Waals surface area (Å²) >= 11 is 0. The Kier molecular flexibility index (Phi) is 4.32. The van der Waals surface area contributed by atoms with Crippen molar-refractivity contribution in [2.45, 2.75) is 90.3 Å². The lowest BCUT2D eigenvalue weighted by Gasteiger charge is -2.65. The summed E-state index contributed by atoms with van der Waals surface area (Å²) in [5, 5.41) is 19.3. The smallest absolute Gasteiger partial charge is 0.306 e. The second-order valence-corrected chi connectivity index (χ2v) is 9.79. The van der Waals surface area contributed by atoms with E-state index in [9.17, 15) is 15.0 Å². The van der Waals surface area contributed by atoms with Crippen LogP contribution in [-0.4, -0.2) is 34.0 Å². The summed E-state index contributed by atoms with van der Waals surface area (Å²) in [7, 11) is 0. The summed E-state index contributed by atoms with van der Waals surface area (Å²) in [4.78, 5) is 11.2. The van der Waals surface area contributed by atoms with Crippen LogP contribution in [-0.2, 0) is 9.53 Å². The molecule has 1 saturated heterocycles. The number of carbonyl (C=O) groups is 1. The number of carboxylic acid groups (broad SMARTS) is 1. The van der Waals surface area contributed by atoms with Crippen LogP contribution >= 0.6 is 0 Å². The molecule has 2 aliphatic carbocycles. The zero-order valence-corrected chi connectivity index (χ0v) is 15.7. The Morgan fingerprint density at radius 1 is 1.04 bits per heavy atom. The first-order valence-corrected chi connectivity index (χ1v) is 9.60. The summed E-state index contributed by atoms with van der Waals surface area (Å²) in [6.07, 6.45) is 7.48. The molecule has 3 rings (SSSR count). The minimum absolute atomic E-state index is 0.0240. The summed E-state index contributed by atoms with van der Waals surface area (Å²) in [6, 6.07) is 0. The van der Waals surface area contributed by atoms with E-state index >= 15 is 0 Å². The molecule has 0 bridgehead atoms. The number of aliphatic carboxylic acids is 1. The van der Waals surface area contributed by atoms with E-state index in [-0.39, 0.29) is 29.5 Å². The topological polar surface area (TPSA) is 66.8 Å². The molecule has 3 aliphatic rings. The molecule has 0 radical (unpaired) electrons.